The number of rotatable bonds is 5. The van der Waals surface area contributed by atoms with Crippen LogP contribution in [-0.4, -0.2) is 28.2 Å². The van der Waals surface area contributed by atoms with Crippen LogP contribution in [0.25, 0.3) is 0 Å². The van der Waals surface area contributed by atoms with E-state index in [-0.39, 0.29) is 24.2 Å². The fraction of sp³-hybridized carbons (Fsp3) is 0.278. The largest absolute Gasteiger partial charge is 0.352 e. The molecule has 3 rings (SSSR count). The van der Waals surface area contributed by atoms with Crippen LogP contribution in [-0.2, 0) is 22.7 Å². The van der Waals surface area contributed by atoms with Gasteiger partial charge in [0.2, 0.25) is 11.8 Å². The molecule has 0 radical (unpaired) electrons. The fourth-order valence-corrected chi connectivity index (χ4v) is 2.87. The minimum Gasteiger partial charge on any atom is -0.352 e. The van der Waals surface area contributed by atoms with Crippen molar-refractivity contribution < 1.29 is 9.59 Å². The summed E-state index contributed by atoms with van der Waals surface area (Å²) >= 11 is 5.87. The highest BCUT2D eigenvalue weighted by atomic mass is 35.5. The Labute approximate surface area is 145 Å². The summed E-state index contributed by atoms with van der Waals surface area (Å²) < 4.78 is 0. The first kappa shape index (κ1) is 16.5. The summed E-state index contributed by atoms with van der Waals surface area (Å²) in [5, 5.41) is 3.56. The van der Waals surface area contributed by atoms with Crippen LogP contribution in [0.4, 0.5) is 0 Å². The van der Waals surface area contributed by atoms with Crippen molar-refractivity contribution in [3.8, 4) is 0 Å². The van der Waals surface area contributed by atoms with Crippen LogP contribution in [0, 0.1) is 5.92 Å². The quantitative estimate of drug-likeness (QED) is 0.906. The molecule has 1 N–H and O–H groups in total. The van der Waals surface area contributed by atoms with E-state index in [0.717, 1.165) is 11.1 Å². The number of carbonyl (C=O) groups is 2. The van der Waals surface area contributed by atoms with Crippen LogP contribution in [0.2, 0.25) is 5.02 Å². The zero-order valence-electron chi connectivity index (χ0n) is 13.1. The molecular formula is C18H18ClN3O2. The Morgan fingerprint density at radius 2 is 1.88 bits per heavy atom. The minimum absolute atomic E-state index is 0.00834. The van der Waals surface area contributed by atoms with E-state index in [0.29, 0.717) is 24.7 Å². The van der Waals surface area contributed by atoms with Crippen molar-refractivity contribution in [2.75, 3.05) is 6.54 Å². The maximum absolute atomic E-state index is 12.3. The summed E-state index contributed by atoms with van der Waals surface area (Å²) in [6, 6.07) is 11.1. The minimum atomic E-state index is -0.299. The Hall–Kier alpha value is -2.40. The zero-order chi connectivity index (χ0) is 16.9. The van der Waals surface area contributed by atoms with Gasteiger partial charge in [-0.25, -0.2) is 0 Å². The number of aromatic nitrogens is 1. The van der Waals surface area contributed by atoms with E-state index >= 15 is 0 Å². The van der Waals surface area contributed by atoms with Gasteiger partial charge >= 0.3 is 0 Å². The predicted octanol–water partition coefficient (Wildman–Crippen LogP) is 2.40. The van der Waals surface area contributed by atoms with Crippen LogP contribution in [0.3, 0.4) is 0 Å². The van der Waals surface area contributed by atoms with E-state index < -0.39 is 0 Å². The SMILES string of the molecule is O=C(NCc1ccncc1)C1CC(=O)N(Cc2ccc(Cl)cc2)C1. The Morgan fingerprint density at radius 1 is 1.17 bits per heavy atom. The number of nitrogens with zero attached hydrogens (tertiary/aromatic N) is 2. The van der Waals surface area contributed by atoms with Crippen molar-refractivity contribution in [1.82, 2.24) is 15.2 Å². The summed E-state index contributed by atoms with van der Waals surface area (Å²) in [6.07, 6.45) is 3.64. The first-order valence-corrected chi connectivity index (χ1v) is 8.18. The number of pyridine rings is 1. The van der Waals surface area contributed by atoms with Crippen molar-refractivity contribution in [1.29, 1.82) is 0 Å². The van der Waals surface area contributed by atoms with Gasteiger partial charge in [0.05, 0.1) is 5.92 Å². The van der Waals surface area contributed by atoms with Gasteiger partial charge in [-0.1, -0.05) is 23.7 Å². The summed E-state index contributed by atoms with van der Waals surface area (Å²) in [6.45, 7) is 1.40. The van der Waals surface area contributed by atoms with Gasteiger partial charge in [-0.3, -0.25) is 14.6 Å². The number of likely N-dealkylation sites (tertiary alicyclic amines) is 1. The maximum atomic E-state index is 12.3. The number of nitrogens with one attached hydrogen (secondary N) is 1. The zero-order valence-corrected chi connectivity index (χ0v) is 13.9. The van der Waals surface area contributed by atoms with E-state index in [1.54, 1.807) is 29.4 Å². The molecule has 0 aliphatic carbocycles. The van der Waals surface area contributed by atoms with E-state index in [2.05, 4.69) is 10.3 Å². The number of carbonyl (C=O) groups excluding carboxylic acids is 2. The molecule has 0 saturated carbocycles. The van der Waals surface area contributed by atoms with E-state index in [1.165, 1.54) is 0 Å². The third kappa shape index (κ3) is 4.11. The summed E-state index contributed by atoms with van der Waals surface area (Å²) in [7, 11) is 0. The lowest BCUT2D eigenvalue weighted by atomic mass is 10.1. The summed E-state index contributed by atoms with van der Waals surface area (Å²) in [5.74, 6) is -0.376. The molecule has 1 aliphatic rings. The molecule has 124 valence electrons. The van der Waals surface area contributed by atoms with Gasteiger partial charge in [-0.2, -0.15) is 0 Å². The molecule has 1 aromatic heterocycles. The highest BCUT2D eigenvalue weighted by Crippen LogP contribution is 2.21. The lowest BCUT2D eigenvalue weighted by Crippen LogP contribution is -2.32. The van der Waals surface area contributed by atoms with E-state index in [4.69, 9.17) is 11.6 Å². The van der Waals surface area contributed by atoms with Gasteiger partial charge < -0.3 is 10.2 Å². The van der Waals surface area contributed by atoms with Crippen LogP contribution in [0.15, 0.2) is 48.8 Å². The molecule has 1 fully saturated rings. The molecule has 1 aromatic carbocycles. The lowest BCUT2D eigenvalue weighted by molar-refractivity contribution is -0.129. The van der Waals surface area contributed by atoms with Crippen molar-refractivity contribution >= 4 is 23.4 Å². The normalized spacial score (nSPS) is 17.1. The molecule has 0 bridgehead atoms. The number of amides is 2. The van der Waals surface area contributed by atoms with Crippen molar-refractivity contribution in [2.45, 2.75) is 19.5 Å². The Kier molecular flexibility index (Phi) is 5.11. The van der Waals surface area contributed by atoms with Crippen LogP contribution in [0.1, 0.15) is 17.5 Å². The smallest absolute Gasteiger partial charge is 0.225 e. The van der Waals surface area contributed by atoms with E-state index in [9.17, 15) is 9.59 Å². The second-order valence-electron chi connectivity index (χ2n) is 5.88. The summed E-state index contributed by atoms with van der Waals surface area (Å²) in [5.41, 5.74) is 1.99. The second kappa shape index (κ2) is 7.45. The molecule has 1 atom stereocenters. The molecular weight excluding hydrogens is 326 g/mol. The van der Waals surface area contributed by atoms with Gasteiger partial charge in [0, 0.05) is 43.5 Å². The average Bonchev–Trinajstić information content (AvgIpc) is 2.96. The average molecular weight is 344 g/mol. The highest BCUT2D eigenvalue weighted by Gasteiger charge is 2.34. The van der Waals surface area contributed by atoms with Gasteiger partial charge in [-0.05, 0) is 35.4 Å². The van der Waals surface area contributed by atoms with E-state index in [1.807, 2.05) is 24.3 Å². The maximum Gasteiger partial charge on any atom is 0.225 e. The molecule has 24 heavy (non-hydrogen) atoms. The number of hydrogen-bond donors (Lipinski definition) is 1. The Morgan fingerprint density at radius 3 is 2.58 bits per heavy atom. The standard InChI is InChI=1S/C18H18ClN3O2/c19-16-3-1-14(2-4-16)11-22-12-15(9-17(22)23)18(24)21-10-13-5-7-20-8-6-13/h1-8,15H,9-12H2,(H,21,24). The van der Waals surface area contributed by atoms with Crippen LogP contribution in [0.5, 0.6) is 0 Å². The lowest BCUT2D eigenvalue weighted by Gasteiger charge is -2.16. The molecule has 2 heterocycles. The third-order valence-corrected chi connectivity index (χ3v) is 4.34. The molecule has 1 saturated heterocycles. The first-order chi connectivity index (χ1) is 11.6. The molecule has 6 heteroatoms. The van der Waals surface area contributed by atoms with Gasteiger partial charge in [0.1, 0.15) is 0 Å². The van der Waals surface area contributed by atoms with Crippen molar-refractivity contribution in [3.63, 3.8) is 0 Å². The van der Waals surface area contributed by atoms with Crippen LogP contribution < -0.4 is 5.32 Å². The number of hydrogen-bond acceptors (Lipinski definition) is 3. The molecule has 0 spiro atoms. The predicted molar refractivity (Wildman–Crippen MR) is 91.1 cm³/mol. The van der Waals surface area contributed by atoms with Crippen molar-refractivity contribution in [2.24, 2.45) is 5.92 Å². The third-order valence-electron chi connectivity index (χ3n) is 4.09. The number of halogens is 1. The highest BCUT2D eigenvalue weighted by molar-refractivity contribution is 6.30. The molecule has 5 nitrogen and oxygen atoms in total. The monoisotopic (exact) mass is 343 g/mol. The Bertz CT molecular complexity index is 719. The molecule has 2 aromatic rings. The first-order valence-electron chi connectivity index (χ1n) is 7.80. The van der Waals surface area contributed by atoms with Crippen molar-refractivity contribution in [3.05, 3.63) is 64.9 Å². The molecule has 1 unspecified atom stereocenters. The molecule has 1 aliphatic heterocycles. The Balaban J connectivity index is 1.53. The second-order valence-corrected chi connectivity index (χ2v) is 6.31. The van der Waals surface area contributed by atoms with Gasteiger partial charge in [0.15, 0.2) is 0 Å². The van der Waals surface area contributed by atoms with Gasteiger partial charge in [-0.15, -0.1) is 0 Å². The summed E-state index contributed by atoms with van der Waals surface area (Å²) in [4.78, 5) is 30.1. The van der Waals surface area contributed by atoms with Gasteiger partial charge in [0.25, 0.3) is 0 Å². The molecule has 2 amide bonds. The fourth-order valence-electron chi connectivity index (χ4n) is 2.74. The van der Waals surface area contributed by atoms with Crippen LogP contribution >= 0.6 is 11.6 Å². The number of benzene rings is 1. The topological polar surface area (TPSA) is 62.3 Å².